The van der Waals surface area contributed by atoms with Crippen LogP contribution in [-0.2, 0) is 4.79 Å². The highest BCUT2D eigenvalue weighted by Crippen LogP contribution is 2.14. The van der Waals surface area contributed by atoms with Gasteiger partial charge >= 0.3 is 5.97 Å². The van der Waals surface area contributed by atoms with E-state index in [2.05, 4.69) is 10.3 Å². The second kappa shape index (κ2) is 4.68. The highest BCUT2D eigenvalue weighted by molar-refractivity contribution is 6.00. The summed E-state index contributed by atoms with van der Waals surface area (Å²) in [5, 5.41) is 12.3. The van der Waals surface area contributed by atoms with Crippen LogP contribution in [0.4, 0.5) is 0 Å². The molecule has 1 amide bonds. The van der Waals surface area contributed by atoms with E-state index in [1.165, 1.54) is 13.8 Å². The molecule has 0 aliphatic heterocycles. The maximum absolute atomic E-state index is 12.0. The summed E-state index contributed by atoms with van der Waals surface area (Å²) in [6, 6.07) is 8.68. The number of carbonyl (C=O) groups is 2. The number of carboxylic acids is 1. The molecular formula is C14H14N2O3. The lowest BCUT2D eigenvalue weighted by Gasteiger charge is -2.21. The molecule has 5 heteroatoms. The fourth-order valence-electron chi connectivity index (χ4n) is 1.63. The lowest BCUT2D eigenvalue weighted by atomic mass is 10.0. The van der Waals surface area contributed by atoms with Crippen LogP contribution in [0.3, 0.4) is 0 Å². The first kappa shape index (κ1) is 13.0. The highest BCUT2D eigenvalue weighted by atomic mass is 16.4. The zero-order valence-corrected chi connectivity index (χ0v) is 10.7. The number of fused-ring (bicyclic) bond motifs is 1. The molecule has 0 fully saturated rings. The molecule has 1 heterocycles. The number of hydrogen-bond donors (Lipinski definition) is 2. The number of nitrogens with one attached hydrogen (secondary N) is 1. The summed E-state index contributed by atoms with van der Waals surface area (Å²) in [7, 11) is 0. The topological polar surface area (TPSA) is 79.3 Å². The molecule has 2 N–H and O–H groups in total. The number of benzene rings is 1. The maximum atomic E-state index is 12.0. The van der Waals surface area contributed by atoms with E-state index in [9.17, 15) is 9.59 Å². The van der Waals surface area contributed by atoms with Crippen molar-refractivity contribution in [2.75, 3.05) is 0 Å². The molecule has 2 rings (SSSR count). The van der Waals surface area contributed by atoms with Gasteiger partial charge in [0.25, 0.3) is 5.91 Å². The van der Waals surface area contributed by atoms with E-state index in [1.54, 1.807) is 30.5 Å². The fraction of sp³-hybridized carbons (Fsp3) is 0.214. The Morgan fingerprint density at radius 2 is 2.00 bits per heavy atom. The van der Waals surface area contributed by atoms with Gasteiger partial charge in [0.15, 0.2) is 0 Å². The first-order valence-electron chi connectivity index (χ1n) is 5.81. The first-order chi connectivity index (χ1) is 8.90. The van der Waals surface area contributed by atoms with Gasteiger partial charge in [-0.3, -0.25) is 9.78 Å². The van der Waals surface area contributed by atoms with Crippen LogP contribution >= 0.6 is 0 Å². The third-order valence-electron chi connectivity index (χ3n) is 2.83. The molecule has 0 saturated heterocycles. The van der Waals surface area contributed by atoms with Gasteiger partial charge in [-0.1, -0.05) is 6.07 Å². The van der Waals surface area contributed by atoms with Crippen LogP contribution in [-0.4, -0.2) is 27.5 Å². The second-order valence-electron chi connectivity index (χ2n) is 4.80. The van der Waals surface area contributed by atoms with Crippen LogP contribution in [0.5, 0.6) is 0 Å². The van der Waals surface area contributed by atoms with Crippen molar-refractivity contribution in [3.8, 4) is 0 Å². The number of pyridine rings is 1. The summed E-state index contributed by atoms with van der Waals surface area (Å²) in [6.07, 6.45) is 1.68. The van der Waals surface area contributed by atoms with Gasteiger partial charge in [-0.25, -0.2) is 4.79 Å². The summed E-state index contributed by atoms with van der Waals surface area (Å²) in [5.74, 6) is -1.50. The molecule has 1 aromatic heterocycles. The number of nitrogens with zero attached hydrogens (tertiary/aromatic N) is 1. The molecule has 0 atom stereocenters. The predicted octanol–water partition coefficient (Wildman–Crippen LogP) is 1.83. The minimum absolute atomic E-state index is 0.412. The molecule has 1 aromatic carbocycles. The monoisotopic (exact) mass is 258 g/mol. The summed E-state index contributed by atoms with van der Waals surface area (Å²) in [4.78, 5) is 27.1. The number of aromatic nitrogens is 1. The van der Waals surface area contributed by atoms with Crippen LogP contribution < -0.4 is 5.32 Å². The van der Waals surface area contributed by atoms with E-state index < -0.39 is 17.4 Å². The van der Waals surface area contributed by atoms with Crippen molar-refractivity contribution in [3.05, 3.63) is 42.1 Å². The molecule has 5 nitrogen and oxygen atoms in total. The second-order valence-corrected chi connectivity index (χ2v) is 4.80. The van der Waals surface area contributed by atoms with Crippen molar-refractivity contribution >= 4 is 22.8 Å². The number of aliphatic carboxylic acids is 1. The van der Waals surface area contributed by atoms with Crippen molar-refractivity contribution in [2.24, 2.45) is 0 Å². The normalized spacial score (nSPS) is 11.3. The van der Waals surface area contributed by atoms with Crippen molar-refractivity contribution in [1.29, 1.82) is 0 Å². The van der Waals surface area contributed by atoms with Gasteiger partial charge in [-0.15, -0.1) is 0 Å². The standard InChI is InChI=1S/C14H14N2O3/c1-14(2,13(18)19)16-12(17)10-5-6-11-9(8-10)4-3-7-15-11/h3-8H,1-2H3,(H,16,17)(H,18,19). The lowest BCUT2D eigenvalue weighted by molar-refractivity contribution is -0.143. The molecule has 0 aliphatic rings. The molecule has 0 saturated carbocycles. The molecule has 19 heavy (non-hydrogen) atoms. The van der Waals surface area contributed by atoms with Crippen LogP contribution in [0.2, 0.25) is 0 Å². The number of carbonyl (C=O) groups excluding carboxylic acids is 1. The Hall–Kier alpha value is -2.43. The van der Waals surface area contributed by atoms with E-state index in [0.29, 0.717) is 5.56 Å². The van der Waals surface area contributed by atoms with Crippen molar-refractivity contribution < 1.29 is 14.7 Å². The highest BCUT2D eigenvalue weighted by Gasteiger charge is 2.29. The molecule has 0 bridgehead atoms. The van der Waals surface area contributed by atoms with Crippen molar-refractivity contribution in [3.63, 3.8) is 0 Å². The molecule has 0 radical (unpaired) electrons. The summed E-state index contributed by atoms with van der Waals surface area (Å²) >= 11 is 0. The van der Waals surface area contributed by atoms with Gasteiger partial charge in [0.05, 0.1) is 5.52 Å². The van der Waals surface area contributed by atoms with E-state index in [0.717, 1.165) is 10.9 Å². The van der Waals surface area contributed by atoms with E-state index >= 15 is 0 Å². The Kier molecular flexibility index (Phi) is 3.21. The third kappa shape index (κ3) is 2.70. The Bertz CT molecular complexity index is 650. The zero-order valence-electron chi connectivity index (χ0n) is 10.7. The van der Waals surface area contributed by atoms with Crippen molar-refractivity contribution in [1.82, 2.24) is 10.3 Å². The lowest BCUT2D eigenvalue weighted by Crippen LogP contribution is -2.49. The van der Waals surface area contributed by atoms with Gasteiger partial charge in [-0.05, 0) is 38.1 Å². The SMILES string of the molecule is CC(C)(NC(=O)c1ccc2ncccc2c1)C(=O)O. The Labute approximate surface area is 110 Å². The minimum Gasteiger partial charge on any atom is -0.480 e. The van der Waals surface area contributed by atoms with Gasteiger partial charge in [0.1, 0.15) is 5.54 Å². The number of rotatable bonds is 3. The molecule has 0 unspecified atom stereocenters. The molecule has 2 aromatic rings. The van der Waals surface area contributed by atoms with E-state index in [4.69, 9.17) is 5.11 Å². The third-order valence-corrected chi connectivity index (χ3v) is 2.83. The van der Waals surface area contributed by atoms with Gasteiger partial charge in [0.2, 0.25) is 0 Å². The Morgan fingerprint density at radius 3 is 2.68 bits per heavy atom. The maximum Gasteiger partial charge on any atom is 0.328 e. The van der Waals surface area contributed by atoms with Crippen LogP contribution in [0.25, 0.3) is 10.9 Å². The molecule has 0 spiro atoms. The minimum atomic E-state index is -1.30. The van der Waals surface area contributed by atoms with Crippen LogP contribution in [0, 0.1) is 0 Å². The van der Waals surface area contributed by atoms with Gasteiger partial charge in [-0.2, -0.15) is 0 Å². The van der Waals surface area contributed by atoms with Crippen LogP contribution in [0.1, 0.15) is 24.2 Å². The Morgan fingerprint density at radius 1 is 1.26 bits per heavy atom. The van der Waals surface area contributed by atoms with Gasteiger partial charge < -0.3 is 10.4 Å². The number of amides is 1. The fourth-order valence-corrected chi connectivity index (χ4v) is 1.63. The number of hydrogen-bond acceptors (Lipinski definition) is 3. The summed E-state index contributed by atoms with van der Waals surface area (Å²) < 4.78 is 0. The summed E-state index contributed by atoms with van der Waals surface area (Å²) in [6.45, 7) is 2.88. The average molecular weight is 258 g/mol. The number of carboxylic acid groups (broad SMARTS) is 1. The molecule has 98 valence electrons. The average Bonchev–Trinajstić information content (AvgIpc) is 2.37. The van der Waals surface area contributed by atoms with Crippen molar-refractivity contribution in [2.45, 2.75) is 19.4 Å². The van der Waals surface area contributed by atoms with E-state index in [-0.39, 0.29) is 0 Å². The quantitative estimate of drug-likeness (QED) is 0.880. The first-order valence-corrected chi connectivity index (χ1v) is 5.81. The zero-order chi connectivity index (χ0) is 14.0. The Balaban J connectivity index is 2.29. The smallest absolute Gasteiger partial charge is 0.328 e. The summed E-state index contributed by atoms with van der Waals surface area (Å²) in [5.41, 5.74) is -0.104. The molecule has 0 aliphatic carbocycles. The molecular weight excluding hydrogens is 244 g/mol. The van der Waals surface area contributed by atoms with E-state index in [1.807, 2.05) is 6.07 Å². The largest absolute Gasteiger partial charge is 0.480 e. The predicted molar refractivity (Wildman–Crippen MR) is 70.9 cm³/mol. The van der Waals surface area contributed by atoms with Crippen LogP contribution in [0.15, 0.2) is 36.5 Å². The van der Waals surface area contributed by atoms with Gasteiger partial charge in [0, 0.05) is 17.1 Å².